The van der Waals surface area contributed by atoms with E-state index in [0.29, 0.717) is 0 Å². The highest BCUT2D eigenvalue weighted by molar-refractivity contribution is 5.20. The second-order valence-corrected chi connectivity index (χ2v) is 5.24. The molecule has 0 amide bonds. The van der Waals surface area contributed by atoms with Crippen LogP contribution in [0.15, 0.2) is 0 Å². The number of aryl methyl sites for hydroxylation is 1. The van der Waals surface area contributed by atoms with Gasteiger partial charge in [0, 0.05) is 12.8 Å². The summed E-state index contributed by atoms with van der Waals surface area (Å²) in [6, 6.07) is 0. The molecule has 0 bridgehead atoms. The predicted octanol–water partition coefficient (Wildman–Crippen LogP) is 2.81. The van der Waals surface area contributed by atoms with E-state index in [2.05, 4.69) is 30.7 Å². The molecule has 0 saturated carbocycles. The van der Waals surface area contributed by atoms with E-state index in [0.717, 1.165) is 24.6 Å². The van der Waals surface area contributed by atoms with Crippen molar-refractivity contribution < 1.29 is 4.74 Å². The summed E-state index contributed by atoms with van der Waals surface area (Å²) in [5, 5.41) is 0. The zero-order valence-electron chi connectivity index (χ0n) is 10.8. The van der Waals surface area contributed by atoms with E-state index >= 15 is 0 Å². The Balaban J connectivity index is 2.25. The highest BCUT2D eigenvalue weighted by Crippen LogP contribution is 2.29. The minimum atomic E-state index is -0.306. The van der Waals surface area contributed by atoms with Crippen LogP contribution in [0.25, 0.3) is 0 Å². The van der Waals surface area contributed by atoms with Crippen LogP contribution >= 0.6 is 0 Å². The number of nitrogens with zero attached hydrogens (tertiary/aromatic N) is 1. The molecule has 2 rings (SSSR count). The average Bonchev–Trinajstić information content (AvgIpc) is 2.72. The Bertz CT molecular complexity index is 368. The molecule has 3 heteroatoms. The van der Waals surface area contributed by atoms with Crippen LogP contribution in [0, 0.1) is 5.92 Å². The first-order valence-electron chi connectivity index (χ1n) is 6.20. The van der Waals surface area contributed by atoms with Gasteiger partial charge in [-0.15, -0.1) is 0 Å². The molecule has 0 fully saturated rings. The van der Waals surface area contributed by atoms with Crippen molar-refractivity contribution in [3.63, 3.8) is 0 Å². The quantitative estimate of drug-likeness (QED) is 0.854. The van der Waals surface area contributed by atoms with Gasteiger partial charge in [0.15, 0.2) is 0 Å². The number of aromatic nitrogens is 2. The van der Waals surface area contributed by atoms with Crippen molar-refractivity contribution in [1.82, 2.24) is 9.97 Å². The maximum Gasteiger partial charge on any atom is 0.138 e. The maximum absolute atomic E-state index is 5.46. The Morgan fingerprint density at radius 1 is 1.50 bits per heavy atom. The molecule has 1 aliphatic carbocycles. The zero-order chi connectivity index (χ0) is 11.8. The lowest BCUT2D eigenvalue weighted by Gasteiger charge is -2.20. The summed E-state index contributed by atoms with van der Waals surface area (Å²) in [4.78, 5) is 8.13. The molecule has 0 aliphatic heterocycles. The summed E-state index contributed by atoms with van der Waals surface area (Å²) in [6.45, 7) is 6.37. The summed E-state index contributed by atoms with van der Waals surface area (Å²) in [5.74, 6) is 1.79. The number of nitrogens with one attached hydrogen (secondary N) is 1. The van der Waals surface area contributed by atoms with Crippen molar-refractivity contribution in [3.05, 3.63) is 17.2 Å². The Morgan fingerprint density at radius 2 is 2.25 bits per heavy atom. The first-order valence-corrected chi connectivity index (χ1v) is 6.20. The largest absolute Gasteiger partial charge is 0.371 e. The van der Waals surface area contributed by atoms with Crippen LogP contribution in [-0.4, -0.2) is 17.1 Å². The van der Waals surface area contributed by atoms with E-state index in [9.17, 15) is 0 Å². The van der Waals surface area contributed by atoms with E-state index in [4.69, 9.17) is 4.74 Å². The van der Waals surface area contributed by atoms with Crippen molar-refractivity contribution in [3.8, 4) is 0 Å². The van der Waals surface area contributed by atoms with Gasteiger partial charge in [-0.05, 0) is 39.0 Å². The van der Waals surface area contributed by atoms with Gasteiger partial charge in [-0.2, -0.15) is 0 Å². The van der Waals surface area contributed by atoms with E-state index in [1.807, 2.05) is 0 Å². The highest BCUT2D eigenvalue weighted by atomic mass is 16.5. The predicted molar refractivity (Wildman–Crippen MR) is 64.4 cm³/mol. The molecule has 1 aliphatic rings. The van der Waals surface area contributed by atoms with Gasteiger partial charge in [0.25, 0.3) is 0 Å². The van der Waals surface area contributed by atoms with Crippen molar-refractivity contribution >= 4 is 0 Å². The number of hydrogen-bond acceptors (Lipinski definition) is 2. The van der Waals surface area contributed by atoms with Gasteiger partial charge in [0.05, 0.1) is 5.69 Å². The van der Waals surface area contributed by atoms with Gasteiger partial charge in [-0.1, -0.05) is 13.3 Å². The standard InChI is InChI=1S/C13H22N2O/c1-5-9-6-7-10-11(8-9)15-12(14-10)13(2,3)16-4/h9H,5-8H2,1-4H3,(H,14,15). The second kappa shape index (κ2) is 4.21. The maximum atomic E-state index is 5.46. The Hall–Kier alpha value is -0.830. The molecule has 0 spiro atoms. The number of imidazole rings is 1. The first kappa shape index (κ1) is 11.6. The van der Waals surface area contributed by atoms with E-state index in [1.165, 1.54) is 24.2 Å². The molecule has 0 saturated heterocycles. The molecule has 1 atom stereocenters. The van der Waals surface area contributed by atoms with Gasteiger partial charge in [0.1, 0.15) is 11.4 Å². The van der Waals surface area contributed by atoms with Crippen molar-refractivity contribution in [2.75, 3.05) is 7.11 Å². The SMILES string of the molecule is CCC1CCc2nc(C(C)(C)OC)[nH]c2C1. The number of hydrogen-bond donors (Lipinski definition) is 1. The Kier molecular flexibility index (Phi) is 3.06. The number of methoxy groups -OCH3 is 1. The van der Waals surface area contributed by atoms with Gasteiger partial charge in [-0.3, -0.25) is 0 Å². The Morgan fingerprint density at radius 3 is 2.88 bits per heavy atom. The van der Waals surface area contributed by atoms with Gasteiger partial charge in [0.2, 0.25) is 0 Å². The molecule has 1 aromatic heterocycles. The van der Waals surface area contributed by atoms with Gasteiger partial charge in [-0.25, -0.2) is 4.98 Å². The molecule has 1 N–H and O–H groups in total. The van der Waals surface area contributed by atoms with Crippen molar-refractivity contribution in [2.45, 2.75) is 52.1 Å². The van der Waals surface area contributed by atoms with Crippen LogP contribution in [0.5, 0.6) is 0 Å². The van der Waals surface area contributed by atoms with E-state index in [1.54, 1.807) is 7.11 Å². The lowest BCUT2D eigenvalue weighted by molar-refractivity contribution is 0.0120. The van der Waals surface area contributed by atoms with Crippen LogP contribution in [0.4, 0.5) is 0 Å². The number of aromatic amines is 1. The third-order valence-corrected chi connectivity index (χ3v) is 3.80. The molecule has 16 heavy (non-hydrogen) atoms. The summed E-state index contributed by atoms with van der Waals surface area (Å²) in [5.41, 5.74) is 2.28. The van der Waals surface area contributed by atoms with Crippen LogP contribution in [0.3, 0.4) is 0 Å². The lowest BCUT2D eigenvalue weighted by atomic mass is 9.88. The molecular formula is C13H22N2O. The Labute approximate surface area is 97.6 Å². The minimum absolute atomic E-state index is 0.306. The summed E-state index contributed by atoms with van der Waals surface area (Å²) >= 11 is 0. The van der Waals surface area contributed by atoms with Gasteiger partial charge < -0.3 is 9.72 Å². The van der Waals surface area contributed by atoms with Crippen molar-refractivity contribution in [1.29, 1.82) is 0 Å². The number of ether oxygens (including phenoxy) is 1. The molecule has 0 radical (unpaired) electrons. The molecule has 90 valence electrons. The lowest BCUT2D eigenvalue weighted by Crippen LogP contribution is -2.21. The van der Waals surface area contributed by atoms with Crippen LogP contribution in [0.1, 0.15) is 50.8 Å². The summed E-state index contributed by atoms with van der Waals surface area (Å²) < 4.78 is 5.46. The summed E-state index contributed by atoms with van der Waals surface area (Å²) in [6.07, 6.45) is 4.81. The molecule has 1 heterocycles. The fourth-order valence-corrected chi connectivity index (χ4v) is 2.28. The third kappa shape index (κ3) is 2.01. The fraction of sp³-hybridized carbons (Fsp3) is 0.769. The molecule has 1 aromatic rings. The molecule has 0 aromatic carbocycles. The second-order valence-electron chi connectivity index (χ2n) is 5.24. The number of rotatable bonds is 3. The minimum Gasteiger partial charge on any atom is -0.371 e. The molecular weight excluding hydrogens is 200 g/mol. The molecule has 1 unspecified atom stereocenters. The molecule has 3 nitrogen and oxygen atoms in total. The van der Waals surface area contributed by atoms with Crippen LogP contribution in [0.2, 0.25) is 0 Å². The zero-order valence-corrected chi connectivity index (χ0v) is 10.8. The number of fused-ring (bicyclic) bond motifs is 1. The van der Waals surface area contributed by atoms with E-state index in [-0.39, 0.29) is 5.60 Å². The van der Waals surface area contributed by atoms with Crippen LogP contribution in [-0.2, 0) is 23.2 Å². The van der Waals surface area contributed by atoms with Gasteiger partial charge >= 0.3 is 0 Å². The monoisotopic (exact) mass is 222 g/mol. The topological polar surface area (TPSA) is 37.9 Å². The number of H-pyrrole nitrogens is 1. The third-order valence-electron chi connectivity index (χ3n) is 3.80. The fourth-order valence-electron chi connectivity index (χ4n) is 2.28. The average molecular weight is 222 g/mol. The van der Waals surface area contributed by atoms with Crippen LogP contribution < -0.4 is 0 Å². The van der Waals surface area contributed by atoms with E-state index < -0.39 is 0 Å². The smallest absolute Gasteiger partial charge is 0.138 e. The normalized spacial score (nSPS) is 20.9. The summed E-state index contributed by atoms with van der Waals surface area (Å²) in [7, 11) is 1.73. The van der Waals surface area contributed by atoms with Crippen molar-refractivity contribution in [2.24, 2.45) is 5.92 Å². The first-order chi connectivity index (χ1) is 7.56. The highest BCUT2D eigenvalue weighted by Gasteiger charge is 2.28.